The molecule has 0 saturated heterocycles. The fraction of sp³-hybridized carbons (Fsp3) is 0.800. The van der Waals surface area contributed by atoms with Crippen molar-refractivity contribution in [3.05, 3.63) is 0 Å². The van der Waals surface area contributed by atoms with Gasteiger partial charge in [0.15, 0.2) is 0 Å². The second kappa shape index (κ2) is 4.97. The van der Waals surface area contributed by atoms with Gasteiger partial charge in [0.25, 0.3) is 0 Å². The van der Waals surface area contributed by atoms with Crippen LogP contribution in [0.25, 0.3) is 0 Å². The van der Waals surface area contributed by atoms with Crippen molar-refractivity contribution in [2.45, 2.75) is 33.2 Å². The van der Waals surface area contributed by atoms with Crippen molar-refractivity contribution < 1.29 is 9.90 Å². The van der Waals surface area contributed by atoms with Gasteiger partial charge in [0, 0.05) is 12.1 Å². The molecule has 0 heterocycles. The number of carboxylic acid groups (broad SMARTS) is 1. The summed E-state index contributed by atoms with van der Waals surface area (Å²) in [6, 6.07) is 2.05. The van der Waals surface area contributed by atoms with Crippen LogP contribution in [-0.4, -0.2) is 34.6 Å². The molecule has 0 spiro atoms. The summed E-state index contributed by atoms with van der Waals surface area (Å²) >= 11 is 0. The van der Waals surface area contributed by atoms with Gasteiger partial charge in [0.2, 0.25) is 0 Å². The number of carboxylic acids is 1. The summed E-state index contributed by atoms with van der Waals surface area (Å²) in [4.78, 5) is 12.5. The molecule has 0 aromatic carbocycles. The molecule has 0 radical (unpaired) electrons. The van der Waals surface area contributed by atoms with Crippen LogP contribution < -0.4 is 0 Å². The van der Waals surface area contributed by atoms with E-state index in [0.29, 0.717) is 6.54 Å². The Kier molecular flexibility index (Phi) is 4.58. The van der Waals surface area contributed by atoms with Crippen LogP contribution in [0.2, 0.25) is 0 Å². The van der Waals surface area contributed by atoms with Gasteiger partial charge in [-0.1, -0.05) is 6.92 Å². The number of hydrogen-bond donors (Lipinski definition) is 1. The van der Waals surface area contributed by atoms with Crippen molar-refractivity contribution >= 4 is 5.97 Å². The van der Waals surface area contributed by atoms with Crippen molar-refractivity contribution in [1.82, 2.24) is 4.90 Å². The molecule has 1 N–H and O–H groups in total. The molecule has 1 unspecified atom stereocenters. The van der Waals surface area contributed by atoms with Crippen LogP contribution >= 0.6 is 0 Å². The molecule has 4 nitrogen and oxygen atoms in total. The molecule has 0 saturated carbocycles. The average molecular weight is 198 g/mol. The largest absolute Gasteiger partial charge is 0.481 e. The lowest BCUT2D eigenvalue weighted by Gasteiger charge is -2.34. The fourth-order valence-electron chi connectivity index (χ4n) is 1.07. The number of nitrogens with zero attached hydrogens (tertiary/aromatic N) is 2. The summed E-state index contributed by atoms with van der Waals surface area (Å²) < 4.78 is 0. The lowest BCUT2D eigenvalue weighted by atomic mass is 10.0. The van der Waals surface area contributed by atoms with E-state index < -0.39 is 11.9 Å². The van der Waals surface area contributed by atoms with Gasteiger partial charge in [-0.3, -0.25) is 9.69 Å². The first-order chi connectivity index (χ1) is 6.29. The number of rotatable bonds is 4. The second-order valence-corrected chi connectivity index (χ2v) is 4.45. The highest BCUT2D eigenvalue weighted by atomic mass is 16.4. The Labute approximate surface area is 85.1 Å². The van der Waals surface area contributed by atoms with Crippen molar-refractivity contribution in [3.8, 4) is 6.07 Å². The van der Waals surface area contributed by atoms with E-state index in [4.69, 9.17) is 10.4 Å². The lowest BCUT2D eigenvalue weighted by Crippen LogP contribution is -2.45. The lowest BCUT2D eigenvalue weighted by molar-refractivity contribution is -0.142. The summed E-state index contributed by atoms with van der Waals surface area (Å²) in [6.07, 6.45) is 0. The smallest absolute Gasteiger partial charge is 0.307 e. The van der Waals surface area contributed by atoms with Gasteiger partial charge in [-0.2, -0.15) is 5.26 Å². The maximum atomic E-state index is 10.7. The molecular weight excluding hydrogens is 180 g/mol. The molecule has 1 atom stereocenters. The topological polar surface area (TPSA) is 64.3 Å². The number of aliphatic carboxylic acids is 1. The molecule has 4 heteroatoms. The summed E-state index contributed by atoms with van der Waals surface area (Å²) in [5.74, 6) is -1.26. The van der Waals surface area contributed by atoms with Crippen molar-refractivity contribution in [1.29, 1.82) is 5.26 Å². The molecule has 0 rings (SSSR count). The van der Waals surface area contributed by atoms with E-state index in [2.05, 4.69) is 6.07 Å². The Hall–Kier alpha value is -1.08. The molecule has 0 bridgehead atoms. The third-order valence-electron chi connectivity index (χ3n) is 2.13. The monoisotopic (exact) mass is 198 g/mol. The molecule has 0 aliphatic rings. The molecule has 80 valence electrons. The summed E-state index contributed by atoms with van der Waals surface area (Å²) in [5, 5.41) is 17.4. The minimum absolute atomic E-state index is 0.167. The Balaban J connectivity index is 4.40. The average Bonchev–Trinajstić information content (AvgIpc) is 2.01. The third-order valence-corrected chi connectivity index (χ3v) is 2.13. The Bertz CT molecular complexity index is 237. The van der Waals surface area contributed by atoms with Crippen LogP contribution in [0.1, 0.15) is 27.7 Å². The first-order valence-electron chi connectivity index (χ1n) is 4.64. The van der Waals surface area contributed by atoms with Crippen LogP contribution in [0, 0.1) is 17.2 Å². The highest BCUT2D eigenvalue weighted by Crippen LogP contribution is 2.14. The van der Waals surface area contributed by atoms with Crippen LogP contribution in [0.5, 0.6) is 0 Å². The van der Waals surface area contributed by atoms with Gasteiger partial charge in [0.05, 0.1) is 18.5 Å². The third kappa shape index (κ3) is 4.24. The molecule has 0 fully saturated rings. The van der Waals surface area contributed by atoms with Gasteiger partial charge >= 0.3 is 5.97 Å². The van der Waals surface area contributed by atoms with Crippen LogP contribution in [-0.2, 0) is 4.79 Å². The van der Waals surface area contributed by atoms with Gasteiger partial charge in [-0.15, -0.1) is 0 Å². The Morgan fingerprint density at radius 1 is 1.57 bits per heavy atom. The predicted molar refractivity (Wildman–Crippen MR) is 53.7 cm³/mol. The van der Waals surface area contributed by atoms with E-state index in [1.807, 2.05) is 25.7 Å². The maximum absolute atomic E-state index is 10.7. The standard InChI is InChI=1S/C10H18N2O2/c1-8(9(13)14)7-12(6-5-11)10(2,3)4/h8H,6-7H2,1-4H3,(H,13,14). The van der Waals surface area contributed by atoms with Crippen LogP contribution in [0.3, 0.4) is 0 Å². The molecular formula is C10H18N2O2. The van der Waals surface area contributed by atoms with Crippen molar-refractivity contribution in [3.63, 3.8) is 0 Å². The summed E-state index contributed by atoms with van der Waals surface area (Å²) in [5.41, 5.74) is -0.167. The van der Waals surface area contributed by atoms with Crippen molar-refractivity contribution in [2.24, 2.45) is 5.92 Å². The minimum Gasteiger partial charge on any atom is -0.481 e. The van der Waals surface area contributed by atoms with Gasteiger partial charge < -0.3 is 5.11 Å². The Morgan fingerprint density at radius 3 is 2.36 bits per heavy atom. The predicted octanol–water partition coefficient (Wildman–Crippen LogP) is 1.33. The molecule has 14 heavy (non-hydrogen) atoms. The number of carbonyl (C=O) groups is 1. The Morgan fingerprint density at radius 2 is 2.07 bits per heavy atom. The zero-order valence-corrected chi connectivity index (χ0v) is 9.24. The van der Waals surface area contributed by atoms with Crippen LogP contribution in [0.15, 0.2) is 0 Å². The zero-order chi connectivity index (χ0) is 11.4. The molecule has 0 aliphatic heterocycles. The van der Waals surface area contributed by atoms with E-state index in [-0.39, 0.29) is 12.1 Å². The highest BCUT2D eigenvalue weighted by molar-refractivity contribution is 5.69. The zero-order valence-electron chi connectivity index (χ0n) is 9.24. The van der Waals surface area contributed by atoms with E-state index in [0.717, 1.165) is 0 Å². The molecule has 0 aliphatic carbocycles. The summed E-state index contributed by atoms with van der Waals surface area (Å²) in [6.45, 7) is 8.24. The van der Waals surface area contributed by atoms with E-state index in [9.17, 15) is 4.79 Å². The van der Waals surface area contributed by atoms with Crippen molar-refractivity contribution in [2.75, 3.05) is 13.1 Å². The number of hydrogen-bond acceptors (Lipinski definition) is 3. The molecule has 0 aromatic heterocycles. The SMILES string of the molecule is CC(CN(CC#N)C(C)(C)C)C(=O)O. The normalized spacial score (nSPS) is 13.7. The van der Waals surface area contributed by atoms with Gasteiger partial charge in [-0.05, 0) is 20.8 Å². The van der Waals surface area contributed by atoms with E-state index >= 15 is 0 Å². The highest BCUT2D eigenvalue weighted by Gasteiger charge is 2.24. The maximum Gasteiger partial charge on any atom is 0.307 e. The molecule has 0 amide bonds. The van der Waals surface area contributed by atoms with Gasteiger partial charge in [0.1, 0.15) is 0 Å². The quantitative estimate of drug-likeness (QED) is 0.692. The second-order valence-electron chi connectivity index (χ2n) is 4.45. The summed E-state index contributed by atoms with van der Waals surface area (Å²) in [7, 11) is 0. The first-order valence-corrected chi connectivity index (χ1v) is 4.64. The van der Waals surface area contributed by atoms with E-state index in [1.165, 1.54) is 0 Å². The van der Waals surface area contributed by atoms with Gasteiger partial charge in [-0.25, -0.2) is 0 Å². The number of nitriles is 1. The van der Waals surface area contributed by atoms with E-state index in [1.54, 1.807) is 6.92 Å². The first kappa shape index (κ1) is 12.9. The molecule has 0 aromatic rings. The fourth-order valence-corrected chi connectivity index (χ4v) is 1.07. The minimum atomic E-state index is -0.822. The van der Waals surface area contributed by atoms with Crippen LogP contribution in [0.4, 0.5) is 0 Å².